The van der Waals surface area contributed by atoms with Gasteiger partial charge in [-0.05, 0) is 33.2 Å². The molecule has 1 aromatic heterocycles. The summed E-state index contributed by atoms with van der Waals surface area (Å²) >= 11 is 0. The lowest BCUT2D eigenvalue weighted by molar-refractivity contribution is 0.0909. The third-order valence-corrected chi connectivity index (χ3v) is 2.71. The topological polar surface area (TPSA) is 72.9 Å². The zero-order chi connectivity index (χ0) is 13.1. The third kappa shape index (κ3) is 3.56. The molecule has 17 heavy (non-hydrogen) atoms. The first-order valence-electron chi connectivity index (χ1n) is 5.94. The minimum Gasteiger partial charge on any atom is -0.347 e. The number of hydrogen-bond donors (Lipinski definition) is 2. The Morgan fingerprint density at radius 1 is 1.59 bits per heavy atom. The molecule has 0 aromatic carbocycles. The van der Waals surface area contributed by atoms with Crippen LogP contribution in [0.4, 0.5) is 0 Å². The van der Waals surface area contributed by atoms with Gasteiger partial charge in [0.2, 0.25) is 0 Å². The van der Waals surface area contributed by atoms with Crippen LogP contribution in [0.3, 0.4) is 0 Å². The Bertz CT molecular complexity index is 395. The minimum absolute atomic E-state index is 0.0756. The molecule has 0 fully saturated rings. The molecule has 0 unspecified atom stereocenters. The summed E-state index contributed by atoms with van der Waals surface area (Å²) in [6.45, 7) is 6.49. The molecule has 0 saturated carbocycles. The zero-order valence-corrected chi connectivity index (χ0v) is 11.1. The molecule has 0 radical (unpaired) electrons. The van der Waals surface area contributed by atoms with Crippen molar-refractivity contribution in [2.75, 3.05) is 6.54 Å². The number of nitrogens with two attached hydrogens (primary N) is 1. The van der Waals surface area contributed by atoms with E-state index in [0.717, 1.165) is 18.5 Å². The standard InChI is InChI=1S/C12H22N4O/c1-5-10-9(8-16(4)15-10)11(17)14-12(2,3)6-7-13/h8H,5-7,13H2,1-4H3,(H,14,17). The highest BCUT2D eigenvalue weighted by Crippen LogP contribution is 2.12. The van der Waals surface area contributed by atoms with Crippen molar-refractivity contribution in [3.63, 3.8) is 0 Å². The molecule has 1 rings (SSSR count). The molecule has 0 aliphatic rings. The average molecular weight is 238 g/mol. The van der Waals surface area contributed by atoms with Gasteiger partial charge in [-0.3, -0.25) is 9.48 Å². The van der Waals surface area contributed by atoms with Crippen molar-refractivity contribution in [2.45, 2.75) is 39.2 Å². The molecular formula is C12H22N4O. The number of rotatable bonds is 5. The highest BCUT2D eigenvalue weighted by molar-refractivity contribution is 5.95. The van der Waals surface area contributed by atoms with Crippen LogP contribution in [0.25, 0.3) is 0 Å². The van der Waals surface area contributed by atoms with Gasteiger partial charge in [0, 0.05) is 18.8 Å². The number of nitrogens with one attached hydrogen (secondary N) is 1. The van der Waals surface area contributed by atoms with Gasteiger partial charge in [-0.1, -0.05) is 6.92 Å². The Labute approximate surface area is 102 Å². The molecule has 0 bridgehead atoms. The smallest absolute Gasteiger partial charge is 0.255 e. The second kappa shape index (κ2) is 5.31. The number of carbonyl (C=O) groups is 1. The Hall–Kier alpha value is -1.36. The average Bonchev–Trinajstić information content (AvgIpc) is 2.58. The van der Waals surface area contributed by atoms with Crippen molar-refractivity contribution in [1.29, 1.82) is 0 Å². The quantitative estimate of drug-likeness (QED) is 0.798. The Kier molecular flexibility index (Phi) is 4.28. The van der Waals surface area contributed by atoms with Crippen LogP contribution in [0, 0.1) is 0 Å². The van der Waals surface area contributed by atoms with E-state index in [4.69, 9.17) is 5.73 Å². The number of hydrogen-bond acceptors (Lipinski definition) is 3. The molecule has 0 atom stereocenters. The van der Waals surface area contributed by atoms with Crippen LogP contribution in [0.15, 0.2) is 6.20 Å². The highest BCUT2D eigenvalue weighted by Gasteiger charge is 2.22. The van der Waals surface area contributed by atoms with E-state index in [9.17, 15) is 4.79 Å². The van der Waals surface area contributed by atoms with Crippen LogP contribution >= 0.6 is 0 Å². The van der Waals surface area contributed by atoms with Gasteiger partial charge in [0.1, 0.15) is 0 Å². The summed E-state index contributed by atoms with van der Waals surface area (Å²) in [5.74, 6) is -0.0756. The van der Waals surface area contributed by atoms with Crippen molar-refractivity contribution in [3.8, 4) is 0 Å². The van der Waals surface area contributed by atoms with Gasteiger partial charge in [-0.25, -0.2) is 0 Å². The molecule has 96 valence electrons. The van der Waals surface area contributed by atoms with E-state index < -0.39 is 0 Å². The van der Waals surface area contributed by atoms with E-state index in [1.807, 2.05) is 27.8 Å². The highest BCUT2D eigenvalue weighted by atomic mass is 16.1. The van der Waals surface area contributed by atoms with E-state index in [1.165, 1.54) is 0 Å². The largest absolute Gasteiger partial charge is 0.347 e. The number of carbonyl (C=O) groups excluding carboxylic acids is 1. The van der Waals surface area contributed by atoms with Gasteiger partial charge in [-0.2, -0.15) is 5.10 Å². The fraction of sp³-hybridized carbons (Fsp3) is 0.667. The second-order valence-corrected chi connectivity index (χ2v) is 4.89. The van der Waals surface area contributed by atoms with E-state index >= 15 is 0 Å². The van der Waals surface area contributed by atoms with E-state index in [2.05, 4.69) is 10.4 Å². The summed E-state index contributed by atoms with van der Waals surface area (Å²) < 4.78 is 1.67. The summed E-state index contributed by atoms with van der Waals surface area (Å²) in [5, 5.41) is 7.25. The van der Waals surface area contributed by atoms with Crippen LogP contribution in [0.1, 0.15) is 43.2 Å². The van der Waals surface area contributed by atoms with Crippen LogP contribution in [0.5, 0.6) is 0 Å². The molecule has 0 saturated heterocycles. The van der Waals surface area contributed by atoms with E-state index in [1.54, 1.807) is 10.9 Å². The van der Waals surface area contributed by atoms with Crippen LogP contribution in [0.2, 0.25) is 0 Å². The fourth-order valence-corrected chi connectivity index (χ4v) is 1.78. The van der Waals surface area contributed by atoms with Crippen molar-refractivity contribution in [2.24, 2.45) is 12.8 Å². The first kappa shape index (κ1) is 13.7. The predicted octanol–water partition coefficient (Wildman–Crippen LogP) is 0.840. The molecule has 0 aliphatic heterocycles. The SMILES string of the molecule is CCc1nn(C)cc1C(=O)NC(C)(C)CCN. The lowest BCUT2D eigenvalue weighted by Crippen LogP contribution is -2.44. The molecule has 0 spiro atoms. The first-order valence-corrected chi connectivity index (χ1v) is 5.94. The molecule has 0 aliphatic carbocycles. The number of aryl methyl sites for hydroxylation is 2. The lowest BCUT2D eigenvalue weighted by Gasteiger charge is -2.25. The number of nitrogens with zero attached hydrogens (tertiary/aromatic N) is 2. The molecule has 1 amide bonds. The Morgan fingerprint density at radius 3 is 2.76 bits per heavy atom. The maximum Gasteiger partial charge on any atom is 0.255 e. The van der Waals surface area contributed by atoms with Crippen molar-refractivity contribution < 1.29 is 4.79 Å². The first-order chi connectivity index (χ1) is 7.89. The minimum atomic E-state index is -0.285. The van der Waals surface area contributed by atoms with Crippen LogP contribution in [-0.4, -0.2) is 27.8 Å². The predicted molar refractivity (Wildman–Crippen MR) is 67.8 cm³/mol. The van der Waals surface area contributed by atoms with E-state index in [0.29, 0.717) is 12.1 Å². The monoisotopic (exact) mass is 238 g/mol. The second-order valence-electron chi connectivity index (χ2n) is 4.89. The summed E-state index contributed by atoms with van der Waals surface area (Å²) in [5.41, 5.74) is 6.72. The lowest BCUT2D eigenvalue weighted by atomic mass is 10.00. The summed E-state index contributed by atoms with van der Waals surface area (Å²) in [6.07, 6.45) is 3.26. The number of amides is 1. The van der Waals surface area contributed by atoms with Crippen molar-refractivity contribution in [3.05, 3.63) is 17.5 Å². The van der Waals surface area contributed by atoms with Crippen LogP contribution in [-0.2, 0) is 13.5 Å². The van der Waals surface area contributed by atoms with Gasteiger partial charge in [0.05, 0.1) is 11.3 Å². The maximum atomic E-state index is 12.1. The molecule has 5 nitrogen and oxygen atoms in total. The molecule has 1 heterocycles. The van der Waals surface area contributed by atoms with E-state index in [-0.39, 0.29) is 11.4 Å². The summed E-state index contributed by atoms with van der Waals surface area (Å²) in [7, 11) is 1.82. The Balaban J connectivity index is 2.82. The van der Waals surface area contributed by atoms with Gasteiger partial charge < -0.3 is 11.1 Å². The van der Waals surface area contributed by atoms with Gasteiger partial charge in [0.25, 0.3) is 5.91 Å². The van der Waals surface area contributed by atoms with Gasteiger partial charge >= 0.3 is 0 Å². The van der Waals surface area contributed by atoms with Gasteiger partial charge in [0.15, 0.2) is 0 Å². The van der Waals surface area contributed by atoms with Crippen molar-refractivity contribution in [1.82, 2.24) is 15.1 Å². The molecule has 1 aromatic rings. The summed E-state index contributed by atoms with van der Waals surface area (Å²) in [4.78, 5) is 12.1. The molecule has 5 heteroatoms. The van der Waals surface area contributed by atoms with Gasteiger partial charge in [-0.15, -0.1) is 0 Å². The number of aromatic nitrogens is 2. The fourth-order valence-electron chi connectivity index (χ4n) is 1.78. The van der Waals surface area contributed by atoms with Crippen molar-refractivity contribution >= 4 is 5.91 Å². The molecule has 3 N–H and O–H groups in total. The zero-order valence-electron chi connectivity index (χ0n) is 11.1. The normalized spacial score (nSPS) is 11.6. The van der Waals surface area contributed by atoms with Crippen LogP contribution < -0.4 is 11.1 Å². The Morgan fingerprint density at radius 2 is 2.24 bits per heavy atom. The molecular weight excluding hydrogens is 216 g/mol. The third-order valence-electron chi connectivity index (χ3n) is 2.71. The maximum absolute atomic E-state index is 12.1. The summed E-state index contributed by atoms with van der Waals surface area (Å²) in [6, 6.07) is 0.